The highest BCUT2D eigenvalue weighted by atomic mass is 15.5. The van der Waals surface area contributed by atoms with Gasteiger partial charge < -0.3 is 4.90 Å². The number of piperazine rings is 1. The lowest BCUT2D eigenvalue weighted by molar-refractivity contribution is 0.148. The summed E-state index contributed by atoms with van der Waals surface area (Å²) < 4.78 is 1.63. The second-order valence-corrected chi connectivity index (χ2v) is 5.64. The summed E-state index contributed by atoms with van der Waals surface area (Å²) in [5.41, 5.74) is 2.30. The molecule has 2 heterocycles. The lowest BCUT2D eigenvalue weighted by Gasteiger charge is -2.32. The van der Waals surface area contributed by atoms with Crippen molar-refractivity contribution >= 4 is 0 Å². The first kappa shape index (κ1) is 14.7. The Morgan fingerprint density at radius 1 is 1.14 bits per heavy atom. The van der Waals surface area contributed by atoms with Gasteiger partial charge in [0.05, 0.1) is 0 Å². The number of terminal acetylenes is 1. The van der Waals surface area contributed by atoms with Gasteiger partial charge in [-0.05, 0) is 23.0 Å². The van der Waals surface area contributed by atoms with Gasteiger partial charge in [0.15, 0.2) is 5.82 Å². The lowest BCUT2D eigenvalue weighted by Crippen LogP contribution is -2.43. The van der Waals surface area contributed by atoms with E-state index in [9.17, 15) is 0 Å². The normalized spacial score (nSPS) is 16.5. The zero-order valence-electron chi connectivity index (χ0n) is 12.8. The molecule has 1 aliphatic heterocycles. The molecular formula is C16H20N6. The first-order valence-electron chi connectivity index (χ1n) is 7.46. The van der Waals surface area contributed by atoms with E-state index >= 15 is 0 Å². The molecule has 1 aliphatic rings. The molecule has 0 spiro atoms. The quantitative estimate of drug-likeness (QED) is 0.778. The maximum atomic E-state index is 5.33. The third-order valence-corrected chi connectivity index (χ3v) is 3.99. The molecule has 3 rings (SSSR count). The van der Waals surface area contributed by atoms with Crippen LogP contribution in [0.2, 0.25) is 0 Å². The molecule has 6 heteroatoms. The molecule has 22 heavy (non-hydrogen) atoms. The summed E-state index contributed by atoms with van der Waals surface area (Å²) in [4.78, 5) is 4.85. The number of benzene rings is 1. The van der Waals surface area contributed by atoms with Crippen LogP contribution in [0, 0.1) is 12.3 Å². The second-order valence-electron chi connectivity index (χ2n) is 5.64. The van der Waals surface area contributed by atoms with Gasteiger partial charge in [-0.3, -0.25) is 4.90 Å². The monoisotopic (exact) mass is 296 g/mol. The number of tetrazole rings is 1. The van der Waals surface area contributed by atoms with E-state index in [0.29, 0.717) is 12.4 Å². The summed E-state index contributed by atoms with van der Waals surface area (Å²) >= 11 is 0. The Bertz CT molecular complexity index is 646. The summed E-state index contributed by atoms with van der Waals surface area (Å²) in [7, 11) is 2.17. The number of aromatic nitrogens is 4. The average molecular weight is 296 g/mol. The van der Waals surface area contributed by atoms with Crippen LogP contribution in [0.5, 0.6) is 0 Å². The highest BCUT2D eigenvalue weighted by Gasteiger charge is 2.14. The van der Waals surface area contributed by atoms with Crippen LogP contribution in [0.25, 0.3) is 11.4 Å². The number of nitrogens with zero attached hydrogens (tertiary/aromatic N) is 6. The predicted molar refractivity (Wildman–Crippen MR) is 84.9 cm³/mol. The van der Waals surface area contributed by atoms with Gasteiger partial charge in [0.1, 0.15) is 6.54 Å². The molecule has 1 aromatic heterocycles. The van der Waals surface area contributed by atoms with E-state index in [0.717, 1.165) is 38.3 Å². The van der Waals surface area contributed by atoms with Crippen molar-refractivity contribution in [3.8, 4) is 23.7 Å². The maximum absolute atomic E-state index is 5.33. The molecule has 1 saturated heterocycles. The van der Waals surface area contributed by atoms with Crippen molar-refractivity contribution in [3.05, 3.63) is 29.8 Å². The number of hydrogen-bond donors (Lipinski definition) is 0. The third kappa shape index (κ3) is 3.32. The predicted octanol–water partition coefficient (Wildman–Crippen LogP) is 0.721. The van der Waals surface area contributed by atoms with Crippen LogP contribution in [0.1, 0.15) is 5.56 Å². The summed E-state index contributed by atoms with van der Waals surface area (Å²) in [5.74, 6) is 3.27. The SMILES string of the molecule is C#CCn1nnnc1-c1ccc(CN2CCN(C)CC2)cc1. The van der Waals surface area contributed by atoms with Gasteiger partial charge in [0, 0.05) is 38.3 Å². The Morgan fingerprint density at radius 2 is 1.86 bits per heavy atom. The maximum Gasteiger partial charge on any atom is 0.182 e. The van der Waals surface area contributed by atoms with E-state index in [1.54, 1.807) is 4.68 Å². The van der Waals surface area contributed by atoms with Gasteiger partial charge in [-0.15, -0.1) is 11.5 Å². The largest absolute Gasteiger partial charge is 0.304 e. The molecule has 0 radical (unpaired) electrons. The standard InChI is InChI=1S/C16H20N6/c1-3-8-22-16(17-18-19-22)15-6-4-14(5-7-15)13-21-11-9-20(2)10-12-21/h1,4-7H,8-13H2,2H3. The smallest absolute Gasteiger partial charge is 0.182 e. The fourth-order valence-electron chi connectivity index (χ4n) is 2.63. The Labute approximate surface area is 130 Å². The van der Waals surface area contributed by atoms with Gasteiger partial charge in [-0.1, -0.05) is 30.2 Å². The highest BCUT2D eigenvalue weighted by molar-refractivity contribution is 5.55. The minimum absolute atomic E-state index is 0.380. The van der Waals surface area contributed by atoms with Crippen molar-refractivity contribution < 1.29 is 0 Å². The van der Waals surface area contributed by atoms with Crippen LogP contribution in [0.3, 0.4) is 0 Å². The number of hydrogen-bond acceptors (Lipinski definition) is 5. The zero-order chi connectivity index (χ0) is 15.4. The summed E-state index contributed by atoms with van der Waals surface area (Å²) in [6.07, 6.45) is 5.33. The van der Waals surface area contributed by atoms with E-state index in [4.69, 9.17) is 6.42 Å². The van der Waals surface area contributed by atoms with Crippen LogP contribution in [-0.4, -0.2) is 63.2 Å². The minimum Gasteiger partial charge on any atom is -0.304 e. The van der Waals surface area contributed by atoms with Crippen molar-refractivity contribution in [1.29, 1.82) is 0 Å². The molecule has 0 saturated carbocycles. The Morgan fingerprint density at radius 3 is 2.55 bits per heavy atom. The van der Waals surface area contributed by atoms with E-state index in [1.165, 1.54) is 5.56 Å². The highest BCUT2D eigenvalue weighted by Crippen LogP contribution is 2.17. The van der Waals surface area contributed by atoms with Gasteiger partial charge >= 0.3 is 0 Å². The van der Waals surface area contributed by atoms with Crippen LogP contribution in [0.4, 0.5) is 0 Å². The van der Waals surface area contributed by atoms with Crippen molar-refractivity contribution in [2.24, 2.45) is 0 Å². The molecule has 0 atom stereocenters. The van der Waals surface area contributed by atoms with Crippen molar-refractivity contribution in [1.82, 2.24) is 30.0 Å². The van der Waals surface area contributed by atoms with Crippen molar-refractivity contribution in [2.45, 2.75) is 13.1 Å². The molecule has 0 amide bonds. The topological polar surface area (TPSA) is 50.1 Å². The summed E-state index contributed by atoms with van der Waals surface area (Å²) in [5, 5.41) is 11.6. The first-order valence-corrected chi connectivity index (χ1v) is 7.46. The van der Waals surface area contributed by atoms with Crippen LogP contribution < -0.4 is 0 Å². The summed E-state index contributed by atoms with van der Waals surface area (Å²) in [6, 6.07) is 8.40. The van der Waals surface area contributed by atoms with Crippen LogP contribution in [-0.2, 0) is 13.1 Å². The first-order chi connectivity index (χ1) is 10.8. The van der Waals surface area contributed by atoms with Gasteiger partial charge in [0.25, 0.3) is 0 Å². The van der Waals surface area contributed by atoms with Gasteiger partial charge in [0.2, 0.25) is 0 Å². The molecule has 1 aromatic carbocycles. The molecular weight excluding hydrogens is 276 g/mol. The van der Waals surface area contributed by atoms with E-state index in [2.05, 4.69) is 62.6 Å². The van der Waals surface area contributed by atoms with Crippen molar-refractivity contribution in [2.75, 3.05) is 33.2 Å². The molecule has 0 bridgehead atoms. The Balaban J connectivity index is 1.68. The van der Waals surface area contributed by atoms with E-state index < -0.39 is 0 Å². The van der Waals surface area contributed by atoms with E-state index in [1.807, 2.05) is 0 Å². The average Bonchev–Trinajstić information content (AvgIpc) is 2.99. The fourth-order valence-corrected chi connectivity index (χ4v) is 2.63. The van der Waals surface area contributed by atoms with Gasteiger partial charge in [-0.2, -0.15) is 0 Å². The molecule has 0 N–H and O–H groups in total. The molecule has 6 nitrogen and oxygen atoms in total. The third-order valence-electron chi connectivity index (χ3n) is 3.99. The van der Waals surface area contributed by atoms with Gasteiger partial charge in [-0.25, -0.2) is 4.68 Å². The van der Waals surface area contributed by atoms with E-state index in [-0.39, 0.29) is 0 Å². The zero-order valence-corrected chi connectivity index (χ0v) is 12.8. The van der Waals surface area contributed by atoms with Crippen molar-refractivity contribution in [3.63, 3.8) is 0 Å². The minimum atomic E-state index is 0.380. The Hall–Kier alpha value is -2.23. The Kier molecular flexibility index (Phi) is 4.47. The molecule has 0 aliphatic carbocycles. The van der Waals surface area contributed by atoms with Crippen LogP contribution in [0.15, 0.2) is 24.3 Å². The lowest BCUT2D eigenvalue weighted by atomic mass is 10.1. The molecule has 2 aromatic rings. The second kappa shape index (κ2) is 6.69. The number of rotatable bonds is 4. The fraction of sp³-hybridized carbons (Fsp3) is 0.438. The number of likely N-dealkylation sites (N-methyl/N-ethyl adjacent to an activating group) is 1. The van der Waals surface area contributed by atoms with Crippen LogP contribution >= 0.6 is 0 Å². The molecule has 114 valence electrons. The molecule has 0 unspecified atom stereocenters. The summed E-state index contributed by atoms with van der Waals surface area (Å²) in [6.45, 7) is 5.89. The molecule has 1 fully saturated rings.